The van der Waals surface area contributed by atoms with Crippen LogP contribution in [0, 0.1) is 0 Å². The zero-order valence-corrected chi connectivity index (χ0v) is 11.4. The Morgan fingerprint density at radius 1 is 1.44 bits per heavy atom. The van der Waals surface area contributed by atoms with Gasteiger partial charge in [0.1, 0.15) is 0 Å². The van der Waals surface area contributed by atoms with E-state index in [0.717, 1.165) is 24.4 Å². The van der Waals surface area contributed by atoms with Gasteiger partial charge in [-0.15, -0.1) is 0 Å². The lowest BCUT2D eigenvalue weighted by Crippen LogP contribution is -2.46. The lowest BCUT2D eigenvalue weighted by molar-refractivity contribution is 0.230. The summed E-state index contributed by atoms with van der Waals surface area (Å²) in [6, 6.07) is 1.49. The summed E-state index contributed by atoms with van der Waals surface area (Å²) in [4.78, 5) is 2.58. The van der Waals surface area contributed by atoms with E-state index in [1.165, 1.54) is 30.7 Å². The third-order valence-corrected chi connectivity index (χ3v) is 5.00. The average Bonchev–Trinajstić information content (AvgIpc) is 3.06. The fourth-order valence-corrected chi connectivity index (χ4v) is 3.30. The number of hydrogen-bond donors (Lipinski definition) is 1. The van der Waals surface area contributed by atoms with Crippen LogP contribution >= 0.6 is 11.8 Å². The molecule has 1 saturated carbocycles. The van der Waals surface area contributed by atoms with Crippen molar-refractivity contribution in [1.82, 2.24) is 10.2 Å². The molecule has 0 radical (unpaired) electrons. The van der Waals surface area contributed by atoms with Crippen LogP contribution in [0.2, 0.25) is 0 Å². The van der Waals surface area contributed by atoms with Crippen LogP contribution in [0.15, 0.2) is 12.2 Å². The SMILES string of the molecule is C=C(CNC1CC1)CN1CCSC(C)C1C. The highest BCUT2D eigenvalue weighted by Gasteiger charge is 2.25. The Balaban J connectivity index is 1.71. The Morgan fingerprint density at radius 3 is 2.88 bits per heavy atom. The molecule has 92 valence electrons. The van der Waals surface area contributed by atoms with Crippen LogP contribution < -0.4 is 5.32 Å². The maximum absolute atomic E-state index is 4.20. The van der Waals surface area contributed by atoms with Gasteiger partial charge in [-0.05, 0) is 25.3 Å². The normalized spacial score (nSPS) is 31.6. The van der Waals surface area contributed by atoms with Crippen molar-refractivity contribution >= 4 is 11.8 Å². The Hall–Kier alpha value is 0.0100. The highest BCUT2D eigenvalue weighted by Crippen LogP contribution is 2.24. The van der Waals surface area contributed by atoms with Crippen LogP contribution in [0.4, 0.5) is 0 Å². The zero-order valence-electron chi connectivity index (χ0n) is 10.5. The monoisotopic (exact) mass is 240 g/mol. The lowest BCUT2D eigenvalue weighted by Gasteiger charge is -2.37. The summed E-state index contributed by atoms with van der Waals surface area (Å²) in [6.45, 7) is 12.2. The molecule has 16 heavy (non-hydrogen) atoms. The Kier molecular flexibility index (Phi) is 4.34. The lowest BCUT2D eigenvalue weighted by atomic mass is 10.1. The molecule has 1 aliphatic carbocycles. The second kappa shape index (κ2) is 5.56. The van der Waals surface area contributed by atoms with Crippen LogP contribution in [0.1, 0.15) is 26.7 Å². The van der Waals surface area contributed by atoms with E-state index >= 15 is 0 Å². The number of nitrogens with zero attached hydrogens (tertiary/aromatic N) is 1. The van der Waals surface area contributed by atoms with E-state index in [1.807, 2.05) is 0 Å². The number of rotatable bonds is 5. The Morgan fingerprint density at radius 2 is 2.19 bits per heavy atom. The molecule has 1 heterocycles. The molecular weight excluding hydrogens is 216 g/mol. The van der Waals surface area contributed by atoms with Gasteiger partial charge in [-0.25, -0.2) is 0 Å². The van der Waals surface area contributed by atoms with E-state index in [1.54, 1.807) is 0 Å². The van der Waals surface area contributed by atoms with Crippen molar-refractivity contribution in [2.24, 2.45) is 0 Å². The molecule has 0 aromatic rings. The molecule has 1 aliphatic heterocycles. The topological polar surface area (TPSA) is 15.3 Å². The molecule has 1 N–H and O–H groups in total. The van der Waals surface area contributed by atoms with Crippen molar-refractivity contribution in [3.05, 3.63) is 12.2 Å². The van der Waals surface area contributed by atoms with Gasteiger partial charge in [-0.1, -0.05) is 13.5 Å². The Bertz CT molecular complexity index is 250. The minimum absolute atomic E-state index is 0.691. The first-order chi connectivity index (χ1) is 7.66. The standard InChI is InChI=1S/C13H24N2S/c1-10(8-14-13-4-5-13)9-15-6-7-16-12(3)11(15)2/h11-14H,1,4-9H2,2-3H3. The summed E-state index contributed by atoms with van der Waals surface area (Å²) in [6.07, 6.45) is 2.72. The molecule has 2 nitrogen and oxygen atoms in total. The molecule has 0 bridgehead atoms. The maximum atomic E-state index is 4.20. The van der Waals surface area contributed by atoms with Crippen molar-refractivity contribution in [2.75, 3.05) is 25.4 Å². The quantitative estimate of drug-likeness (QED) is 0.741. The smallest absolute Gasteiger partial charge is 0.0206 e. The highest BCUT2D eigenvalue weighted by atomic mass is 32.2. The summed E-state index contributed by atoms with van der Waals surface area (Å²) in [5.74, 6) is 1.27. The maximum Gasteiger partial charge on any atom is 0.0206 e. The van der Waals surface area contributed by atoms with Crippen molar-refractivity contribution in [3.63, 3.8) is 0 Å². The van der Waals surface area contributed by atoms with Crippen LogP contribution in [0.25, 0.3) is 0 Å². The van der Waals surface area contributed by atoms with Gasteiger partial charge in [-0.2, -0.15) is 11.8 Å². The highest BCUT2D eigenvalue weighted by molar-refractivity contribution is 8.00. The number of thioether (sulfide) groups is 1. The first-order valence-corrected chi connectivity index (χ1v) is 7.47. The van der Waals surface area contributed by atoms with Gasteiger partial charge < -0.3 is 5.32 Å². The number of nitrogens with one attached hydrogen (secondary N) is 1. The molecule has 2 fully saturated rings. The largest absolute Gasteiger partial charge is 0.310 e. The molecule has 2 aliphatic rings. The second-order valence-electron chi connectivity index (χ2n) is 5.19. The molecule has 0 amide bonds. The minimum atomic E-state index is 0.691. The Labute approximate surface area is 104 Å². The van der Waals surface area contributed by atoms with Crippen LogP contribution in [0.3, 0.4) is 0 Å². The van der Waals surface area contributed by atoms with E-state index in [9.17, 15) is 0 Å². The summed E-state index contributed by atoms with van der Waals surface area (Å²) in [5, 5.41) is 4.30. The molecule has 1 saturated heterocycles. The fourth-order valence-electron chi connectivity index (χ4n) is 2.14. The van der Waals surface area contributed by atoms with E-state index in [2.05, 4.69) is 42.4 Å². The summed E-state index contributed by atoms with van der Waals surface area (Å²) < 4.78 is 0. The van der Waals surface area contributed by atoms with Gasteiger partial charge in [-0.3, -0.25) is 4.90 Å². The van der Waals surface area contributed by atoms with E-state index in [-0.39, 0.29) is 0 Å². The summed E-state index contributed by atoms with van der Waals surface area (Å²) >= 11 is 2.10. The van der Waals surface area contributed by atoms with E-state index in [4.69, 9.17) is 0 Å². The molecule has 3 heteroatoms. The molecular formula is C13H24N2S. The van der Waals surface area contributed by atoms with Gasteiger partial charge in [0.05, 0.1) is 0 Å². The molecule has 2 atom stereocenters. The third-order valence-electron chi connectivity index (χ3n) is 3.66. The van der Waals surface area contributed by atoms with Crippen molar-refractivity contribution in [1.29, 1.82) is 0 Å². The fraction of sp³-hybridized carbons (Fsp3) is 0.846. The van der Waals surface area contributed by atoms with E-state index in [0.29, 0.717) is 6.04 Å². The van der Waals surface area contributed by atoms with Gasteiger partial charge in [0.15, 0.2) is 0 Å². The molecule has 0 aromatic carbocycles. The van der Waals surface area contributed by atoms with Gasteiger partial charge in [0.25, 0.3) is 0 Å². The van der Waals surface area contributed by atoms with E-state index < -0.39 is 0 Å². The van der Waals surface area contributed by atoms with Gasteiger partial charge in [0.2, 0.25) is 0 Å². The average molecular weight is 240 g/mol. The van der Waals surface area contributed by atoms with Crippen LogP contribution in [0.5, 0.6) is 0 Å². The van der Waals surface area contributed by atoms with Crippen LogP contribution in [-0.4, -0.2) is 47.6 Å². The summed E-state index contributed by atoms with van der Waals surface area (Å²) in [7, 11) is 0. The molecule has 2 rings (SSSR count). The van der Waals surface area contributed by atoms with Crippen molar-refractivity contribution in [2.45, 2.75) is 44.0 Å². The van der Waals surface area contributed by atoms with Crippen molar-refractivity contribution in [3.8, 4) is 0 Å². The third kappa shape index (κ3) is 3.51. The van der Waals surface area contributed by atoms with Gasteiger partial charge in [0, 0.05) is 42.7 Å². The van der Waals surface area contributed by atoms with Crippen molar-refractivity contribution < 1.29 is 0 Å². The molecule has 0 spiro atoms. The summed E-state index contributed by atoms with van der Waals surface area (Å²) in [5.41, 5.74) is 1.35. The molecule has 0 aromatic heterocycles. The minimum Gasteiger partial charge on any atom is -0.310 e. The van der Waals surface area contributed by atoms with Gasteiger partial charge >= 0.3 is 0 Å². The predicted molar refractivity (Wildman–Crippen MR) is 73.1 cm³/mol. The molecule has 2 unspecified atom stereocenters. The first kappa shape index (κ1) is 12.5. The predicted octanol–water partition coefficient (Wildman–Crippen LogP) is 2.12. The zero-order chi connectivity index (χ0) is 11.5. The number of hydrogen-bond acceptors (Lipinski definition) is 3. The first-order valence-electron chi connectivity index (χ1n) is 6.42. The van der Waals surface area contributed by atoms with Crippen LogP contribution in [-0.2, 0) is 0 Å². The second-order valence-corrected chi connectivity index (χ2v) is 6.68.